The maximum atomic E-state index is 11.7. The molecule has 0 aromatic heterocycles. The van der Waals surface area contributed by atoms with Crippen molar-refractivity contribution >= 4 is 18.1 Å². The van der Waals surface area contributed by atoms with Crippen molar-refractivity contribution in [1.29, 1.82) is 0 Å². The van der Waals surface area contributed by atoms with Gasteiger partial charge >= 0.3 is 12.2 Å². The van der Waals surface area contributed by atoms with Gasteiger partial charge in [-0.25, -0.2) is 9.59 Å². The number of nitrogens with one attached hydrogen (secondary N) is 4. The van der Waals surface area contributed by atoms with Crippen LogP contribution in [-0.4, -0.2) is 75.9 Å². The molecular weight excluding hydrogens is 310 g/mol. The van der Waals surface area contributed by atoms with E-state index in [0.717, 1.165) is 0 Å². The van der Waals surface area contributed by atoms with Crippen molar-refractivity contribution in [2.45, 2.75) is 18.7 Å². The van der Waals surface area contributed by atoms with Crippen molar-refractivity contribution in [3.63, 3.8) is 0 Å². The summed E-state index contributed by atoms with van der Waals surface area (Å²) < 4.78 is 8.74. The molecule has 2 unspecified atom stereocenters. The molecule has 0 aromatic carbocycles. The Morgan fingerprint density at radius 3 is 1.96 bits per heavy atom. The van der Waals surface area contributed by atoms with E-state index in [0.29, 0.717) is 0 Å². The van der Waals surface area contributed by atoms with E-state index in [1.165, 1.54) is 14.2 Å². The largest absolute Gasteiger partial charge is 0.453 e. The highest BCUT2D eigenvalue weighted by Crippen LogP contribution is 1.93. The molecule has 0 rings (SSSR count). The quantitative estimate of drug-likeness (QED) is 0.187. The molecule has 0 radical (unpaired) electrons. The second kappa shape index (κ2) is 12.4. The van der Waals surface area contributed by atoms with Gasteiger partial charge in [-0.05, 0) is 0 Å². The van der Waals surface area contributed by atoms with Gasteiger partial charge in [0, 0.05) is 32.6 Å². The summed E-state index contributed by atoms with van der Waals surface area (Å²) in [7, 11) is 2.48. The van der Waals surface area contributed by atoms with Crippen molar-refractivity contribution in [2.24, 2.45) is 5.73 Å². The second-order valence-corrected chi connectivity index (χ2v) is 4.44. The number of amides is 3. The van der Waals surface area contributed by atoms with Crippen LogP contribution in [0.25, 0.3) is 0 Å². The minimum Gasteiger partial charge on any atom is -0.453 e. The van der Waals surface area contributed by atoms with Gasteiger partial charge in [0.15, 0.2) is 0 Å². The monoisotopic (exact) mass is 335 g/mol. The number of carbonyl (C=O) groups excluding carboxylic acids is 3. The number of aliphatic hydroxyl groups is 1. The third-order valence-electron chi connectivity index (χ3n) is 2.65. The minimum atomic E-state index is -0.997. The fourth-order valence-corrected chi connectivity index (χ4v) is 1.46. The summed E-state index contributed by atoms with van der Waals surface area (Å²) in [5, 5.41) is 19.7. The molecule has 0 saturated heterocycles. The molecular formula is C12H25N5O6. The number of rotatable bonds is 10. The van der Waals surface area contributed by atoms with Gasteiger partial charge in [-0.15, -0.1) is 0 Å². The Morgan fingerprint density at radius 1 is 0.957 bits per heavy atom. The molecule has 0 aliphatic carbocycles. The first-order chi connectivity index (χ1) is 10.9. The summed E-state index contributed by atoms with van der Waals surface area (Å²) in [6, 6.07) is -0.913. The number of alkyl carbamates (subject to hydrolysis) is 2. The summed E-state index contributed by atoms with van der Waals surface area (Å²) in [5.74, 6) is -0.454. The molecule has 0 bridgehead atoms. The Morgan fingerprint density at radius 2 is 1.43 bits per heavy atom. The number of hydrogen-bond acceptors (Lipinski definition) is 8. The molecule has 0 saturated carbocycles. The lowest BCUT2D eigenvalue weighted by Crippen LogP contribution is -2.47. The van der Waals surface area contributed by atoms with Crippen molar-refractivity contribution in [2.75, 3.05) is 40.4 Å². The molecule has 2 atom stereocenters. The van der Waals surface area contributed by atoms with Crippen LogP contribution < -0.4 is 27.0 Å². The Labute approximate surface area is 134 Å². The van der Waals surface area contributed by atoms with E-state index < -0.39 is 30.4 Å². The van der Waals surface area contributed by atoms with E-state index in [4.69, 9.17) is 5.73 Å². The van der Waals surface area contributed by atoms with Gasteiger partial charge in [0.25, 0.3) is 0 Å². The molecule has 0 aliphatic rings. The first-order valence-corrected chi connectivity index (χ1v) is 6.99. The lowest BCUT2D eigenvalue weighted by atomic mass is 10.2. The first kappa shape index (κ1) is 20.9. The summed E-state index contributed by atoms with van der Waals surface area (Å²) in [4.78, 5) is 33.2. The van der Waals surface area contributed by atoms with Gasteiger partial charge in [0.1, 0.15) is 6.23 Å². The van der Waals surface area contributed by atoms with Crippen LogP contribution in [0.4, 0.5) is 9.59 Å². The summed E-state index contributed by atoms with van der Waals surface area (Å²) in [5.41, 5.74) is 5.65. The molecule has 3 amide bonds. The highest BCUT2D eigenvalue weighted by atomic mass is 16.5. The van der Waals surface area contributed by atoms with Crippen molar-refractivity contribution in [1.82, 2.24) is 21.3 Å². The molecule has 0 fully saturated rings. The second-order valence-electron chi connectivity index (χ2n) is 4.44. The Bertz CT molecular complexity index is 381. The number of aliphatic hydroxyl groups excluding tert-OH is 1. The summed E-state index contributed by atoms with van der Waals surface area (Å²) in [6.45, 7) is 0.928. The van der Waals surface area contributed by atoms with E-state index in [2.05, 4.69) is 30.7 Å². The van der Waals surface area contributed by atoms with Crippen LogP contribution in [0.2, 0.25) is 0 Å². The fourth-order valence-electron chi connectivity index (χ4n) is 1.46. The normalized spacial score (nSPS) is 12.7. The standard InChI is InChI=1S/C12H25N5O6/c1-22-11(20)16-5-3-14-9(18)7-8(13)10(19)15-4-6-17-12(21)23-2/h8-9,14,18H,3-7,13H2,1-2H3,(H,15,19)(H,16,20)(H,17,21). The maximum absolute atomic E-state index is 11.7. The van der Waals surface area contributed by atoms with Crippen LogP contribution in [-0.2, 0) is 14.3 Å². The van der Waals surface area contributed by atoms with Gasteiger partial charge in [0.05, 0.1) is 20.3 Å². The number of ether oxygens (including phenoxy) is 2. The number of hydrogen-bond donors (Lipinski definition) is 6. The summed E-state index contributed by atoms with van der Waals surface area (Å²) >= 11 is 0. The smallest absolute Gasteiger partial charge is 0.406 e. The molecule has 11 nitrogen and oxygen atoms in total. The average Bonchev–Trinajstić information content (AvgIpc) is 2.54. The molecule has 23 heavy (non-hydrogen) atoms. The average molecular weight is 335 g/mol. The SMILES string of the molecule is COC(=O)NCCNC(=O)C(N)CC(O)NCCNC(=O)OC. The Hall–Kier alpha value is -2.11. The molecule has 7 N–H and O–H groups in total. The predicted octanol–water partition coefficient (Wildman–Crippen LogP) is -2.56. The van der Waals surface area contributed by atoms with Crippen molar-refractivity contribution in [3.8, 4) is 0 Å². The summed E-state index contributed by atoms with van der Waals surface area (Å²) in [6.07, 6.45) is -2.17. The van der Waals surface area contributed by atoms with Crippen molar-refractivity contribution < 1.29 is 29.0 Å². The van der Waals surface area contributed by atoms with Crippen LogP contribution in [0.5, 0.6) is 0 Å². The van der Waals surface area contributed by atoms with Crippen LogP contribution in [0.3, 0.4) is 0 Å². The molecule has 134 valence electrons. The fraction of sp³-hybridized carbons (Fsp3) is 0.750. The minimum absolute atomic E-state index is 0.00547. The van der Waals surface area contributed by atoms with Crippen LogP contribution in [0.15, 0.2) is 0 Å². The highest BCUT2D eigenvalue weighted by Gasteiger charge is 2.17. The molecule has 11 heteroatoms. The molecule has 0 heterocycles. The maximum Gasteiger partial charge on any atom is 0.406 e. The number of carbonyl (C=O) groups is 3. The van der Waals surface area contributed by atoms with Gasteiger partial charge < -0.3 is 36.3 Å². The lowest BCUT2D eigenvalue weighted by molar-refractivity contribution is -0.123. The Balaban J connectivity index is 3.76. The molecule has 0 aromatic rings. The highest BCUT2D eigenvalue weighted by molar-refractivity contribution is 5.81. The van der Waals surface area contributed by atoms with Crippen LogP contribution >= 0.6 is 0 Å². The zero-order chi connectivity index (χ0) is 17.7. The van der Waals surface area contributed by atoms with Gasteiger partial charge in [0.2, 0.25) is 5.91 Å². The molecule has 0 spiro atoms. The van der Waals surface area contributed by atoms with Crippen molar-refractivity contribution in [3.05, 3.63) is 0 Å². The van der Waals surface area contributed by atoms with E-state index in [1.54, 1.807) is 0 Å². The molecule has 0 aliphatic heterocycles. The van der Waals surface area contributed by atoms with E-state index in [-0.39, 0.29) is 32.6 Å². The number of nitrogens with two attached hydrogens (primary N) is 1. The zero-order valence-corrected chi connectivity index (χ0v) is 13.3. The lowest BCUT2D eigenvalue weighted by Gasteiger charge is -2.17. The predicted molar refractivity (Wildman–Crippen MR) is 80.4 cm³/mol. The van der Waals surface area contributed by atoms with Gasteiger partial charge in [-0.1, -0.05) is 0 Å². The third kappa shape index (κ3) is 11.2. The van der Waals surface area contributed by atoms with E-state index in [1.807, 2.05) is 0 Å². The number of methoxy groups -OCH3 is 2. The van der Waals surface area contributed by atoms with Gasteiger partial charge in [-0.3, -0.25) is 10.1 Å². The van der Waals surface area contributed by atoms with E-state index >= 15 is 0 Å². The topological polar surface area (TPSA) is 164 Å². The third-order valence-corrected chi connectivity index (χ3v) is 2.65. The van der Waals surface area contributed by atoms with Crippen LogP contribution in [0, 0.1) is 0 Å². The first-order valence-electron chi connectivity index (χ1n) is 6.99. The van der Waals surface area contributed by atoms with Gasteiger partial charge in [-0.2, -0.15) is 0 Å². The zero-order valence-electron chi connectivity index (χ0n) is 13.3. The van der Waals surface area contributed by atoms with E-state index in [9.17, 15) is 19.5 Å². The van der Waals surface area contributed by atoms with Crippen LogP contribution in [0.1, 0.15) is 6.42 Å². The Kier molecular flexibility index (Phi) is 11.3.